The highest BCUT2D eigenvalue weighted by atomic mass is 16.7. The van der Waals surface area contributed by atoms with Crippen LogP contribution in [0.1, 0.15) is 35.7 Å². The fraction of sp³-hybridized carbons (Fsp3) is 0.316. The highest BCUT2D eigenvalue weighted by Crippen LogP contribution is 2.33. The molecule has 0 spiro atoms. The molecule has 0 saturated heterocycles. The van der Waals surface area contributed by atoms with Crippen LogP contribution in [0.3, 0.4) is 0 Å². The molecule has 0 radical (unpaired) electrons. The van der Waals surface area contributed by atoms with Gasteiger partial charge in [0, 0.05) is 12.0 Å². The number of benzene rings is 2. The van der Waals surface area contributed by atoms with E-state index in [-0.39, 0.29) is 12.6 Å². The third-order valence-electron chi connectivity index (χ3n) is 4.00. The second kappa shape index (κ2) is 6.65. The standard InChI is InChI=1S/C19H20O3/c1-14(7-8-15-5-3-2-4-6-15)11-17(20)16-9-10-18-19(12-16)22-13-21-18/h2-6,9-10,12,14H,7-8,11,13H2,1H3. The summed E-state index contributed by atoms with van der Waals surface area (Å²) in [5.74, 6) is 1.91. The molecule has 0 aromatic heterocycles. The van der Waals surface area contributed by atoms with Crippen molar-refractivity contribution in [2.45, 2.75) is 26.2 Å². The van der Waals surface area contributed by atoms with Crippen LogP contribution in [-0.4, -0.2) is 12.6 Å². The number of carbonyl (C=O) groups excluding carboxylic acids is 1. The number of fused-ring (bicyclic) bond motifs is 1. The van der Waals surface area contributed by atoms with Crippen molar-refractivity contribution in [3.05, 3.63) is 59.7 Å². The zero-order valence-electron chi connectivity index (χ0n) is 12.7. The highest BCUT2D eigenvalue weighted by molar-refractivity contribution is 5.96. The van der Waals surface area contributed by atoms with Crippen LogP contribution < -0.4 is 9.47 Å². The van der Waals surface area contributed by atoms with E-state index in [1.165, 1.54) is 5.56 Å². The minimum absolute atomic E-state index is 0.166. The molecule has 1 aliphatic heterocycles. The average Bonchev–Trinajstić information content (AvgIpc) is 3.01. The van der Waals surface area contributed by atoms with Crippen molar-refractivity contribution in [3.63, 3.8) is 0 Å². The summed E-state index contributed by atoms with van der Waals surface area (Å²) in [5.41, 5.74) is 2.03. The Labute approximate surface area is 130 Å². The van der Waals surface area contributed by atoms with E-state index >= 15 is 0 Å². The fourth-order valence-electron chi connectivity index (χ4n) is 2.66. The summed E-state index contributed by atoms with van der Waals surface area (Å²) >= 11 is 0. The van der Waals surface area contributed by atoms with E-state index in [9.17, 15) is 4.79 Å². The molecule has 3 heteroatoms. The molecule has 1 aliphatic rings. The van der Waals surface area contributed by atoms with Gasteiger partial charge >= 0.3 is 0 Å². The Morgan fingerprint density at radius 1 is 1.09 bits per heavy atom. The molecule has 3 rings (SSSR count). The van der Waals surface area contributed by atoms with Crippen LogP contribution in [-0.2, 0) is 6.42 Å². The predicted octanol–water partition coefficient (Wildman–Crippen LogP) is 4.26. The Hall–Kier alpha value is -2.29. The van der Waals surface area contributed by atoms with E-state index in [2.05, 4.69) is 31.2 Å². The molecule has 0 fully saturated rings. The second-order valence-electron chi connectivity index (χ2n) is 5.82. The molecule has 0 bridgehead atoms. The van der Waals surface area contributed by atoms with E-state index in [0.717, 1.165) is 12.8 Å². The minimum Gasteiger partial charge on any atom is -0.454 e. The summed E-state index contributed by atoms with van der Waals surface area (Å²) in [6.07, 6.45) is 2.59. The van der Waals surface area contributed by atoms with Crippen molar-refractivity contribution in [1.29, 1.82) is 0 Å². The Morgan fingerprint density at radius 3 is 2.68 bits per heavy atom. The van der Waals surface area contributed by atoms with Gasteiger partial charge in [-0.25, -0.2) is 0 Å². The lowest BCUT2D eigenvalue weighted by Crippen LogP contribution is -2.07. The molecule has 0 N–H and O–H groups in total. The van der Waals surface area contributed by atoms with Gasteiger partial charge in [0.15, 0.2) is 17.3 Å². The maximum atomic E-state index is 12.4. The lowest BCUT2D eigenvalue weighted by atomic mass is 9.94. The number of ketones is 1. The third kappa shape index (κ3) is 3.48. The molecular weight excluding hydrogens is 276 g/mol. The van der Waals surface area contributed by atoms with E-state index in [4.69, 9.17) is 9.47 Å². The summed E-state index contributed by atoms with van der Waals surface area (Å²) in [6.45, 7) is 2.37. The highest BCUT2D eigenvalue weighted by Gasteiger charge is 2.17. The molecule has 1 atom stereocenters. The van der Waals surface area contributed by atoms with E-state index < -0.39 is 0 Å². The lowest BCUT2D eigenvalue weighted by Gasteiger charge is -2.11. The molecule has 114 valence electrons. The predicted molar refractivity (Wildman–Crippen MR) is 85.4 cm³/mol. The summed E-state index contributed by atoms with van der Waals surface area (Å²) in [5, 5.41) is 0. The maximum absolute atomic E-state index is 12.4. The van der Waals surface area contributed by atoms with Crippen molar-refractivity contribution >= 4 is 5.78 Å². The first-order valence-corrected chi connectivity index (χ1v) is 7.69. The van der Waals surface area contributed by atoms with Crippen LogP contribution in [0, 0.1) is 5.92 Å². The Bertz CT molecular complexity index is 649. The topological polar surface area (TPSA) is 35.5 Å². The average molecular weight is 296 g/mol. The number of Topliss-reactive ketones (excluding diaryl/α,β-unsaturated/α-hetero) is 1. The number of ether oxygens (including phenoxy) is 2. The molecule has 3 nitrogen and oxygen atoms in total. The Balaban J connectivity index is 1.55. The zero-order valence-corrected chi connectivity index (χ0v) is 12.7. The van der Waals surface area contributed by atoms with Gasteiger partial charge in [0.25, 0.3) is 0 Å². The summed E-state index contributed by atoms with van der Waals surface area (Å²) in [4.78, 5) is 12.4. The quantitative estimate of drug-likeness (QED) is 0.747. The van der Waals surface area contributed by atoms with Crippen LogP contribution in [0.15, 0.2) is 48.5 Å². The van der Waals surface area contributed by atoms with Gasteiger partial charge in [-0.3, -0.25) is 4.79 Å². The van der Waals surface area contributed by atoms with E-state index in [0.29, 0.717) is 29.4 Å². The third-order valence-corrected chi connectivity index (χ3v) is 4.00. The molecule has 2 aromatic rings. The Morgan fingerprint density at radius 2 is 1.86 bits per heavy atom. The van der Waals surface area contributed by atoms with Crippen LogP contribution in [0.2, 0.25) is 0 Å². The number of hydrogen-bond donors (Lipinski definition) is 0. The van der Waals surface area contributed by atoms with Gasteiger partial charge in [0.2, 0.25) is 6.79 Å². The van der Waals surface area contributed by atoms with Crippen molar-refractivity contribution in [3.8, 4) is 11.5 Å². The second-order valence-corrected chi connectivity index (χ2v) is 5.82. The molecule has 1 heterocycles. The largest absolute Gasteiger partial charge is 0.454 e. The molecule has 22 heavy (non-hydrogen) atoms. The molecule has 0 amide bonds. The van der Waals surface area contributed by atoms with Crippen LogP contribution >= 0.6 is 0 Å². The first-order valence-electron chi connectivity index (χ1n) is 7.69. The number of hydrogen-bond acceptors (Lipinski definition) is 3. The summed E-state index contributed by atoms with van der Waals surface area (Å²) in [7, 11) is 0. The smallest absolute Gasteiger partial charge is 0.231 e. The number of rotatable bonds is 6. The van der Waals surface area contributed by atoms with Crippen LogP contribution in [0.25, 0.3) is 0 Å². The maximum Gasteiger partial charge on any atom is 0.231 e. The van der Waals surface area contributed by atoms with E-state index in [1.54, 1.807) is 6.07 Å². The first kappa shape index (κ1) is 14.6. The number of carbonyl (C=O) groups is 1. The van der Waals surface area contributed by atoms with Crippen molar-refractivity contribution < 1.29 is 14.3 Å². The van der Waals surface area contributed by atoms with Crippen LogP contribution in [0.5, 0.6) is 11.5 Å². The van der Waals surface area contributed by atoms with Crippen LogP contribution in [0.4, 0.5) is 0 Å². The molecular formula is C19H20O3. The van der Waals surface area contributed by atoms with Gasteiger partial charge in [-0.2, -0.15) is 0 Å². The van der Waals surface area contributed by atoms with Gasteiger partial charge in [-0.15, -0.1) is 0 Å². The number of aryl methyl sites for hydroxylation is 1. The Kier molecular flexibility index (Phi) is 4.42. The summed E-state index contributed by atoms with van der Waals surface area (Å²) in [6, 6.07) is 15.8. The zero-order chi connectivity index (χ0) is 15.4. The molecule has 0 saturated carbocycles. The normalized spacial score (nSPS) is 13.9. The molecule has 0 aliphatic carbocycles. The van der Waals surface area contributed by atoms with Gasteiger partial charge in [0.1, 0.15) is 0 Å². The lowest BCUT2D eigenvalue weighted by molar-refractivity contribution is 0.0962. The van der Waals surface area contributed by atoms with Gasteiger partial charge in [0.05, 0.1) is 0 Å². The van der Waals surface area contributed by atoms with Gasteiger partial charge in [-0.05, 0) is 42.5 Å². The minimum atomic E-state index is 0.166. The SMILES string of the molecule is CC(CCc1ccccc1)CC(=O)c1ccc2c(c1)OCO2. The van der Waals surface area contributed by atoms with Gasteiger partial charge in [-0.1, -0.05) is 37.3 Å². The molecule has 1 unspecified atom stereocenters. The van der Waals surface area contributed by atoms with E-state index in [1.807, 2.05) is 18.2 Å². The fourth-order valence-corrected chi connectivity index (χ4v) is 2.66. The summed E-state index contributed by atoms with van der Waals surface area (Å²) < 4.78 is 10.6. The van der Waals surface area contributed by atoms with Crippen molar-refractivity contribution in [1.82, 2.24) is 0 Å². The first-order chi connectivity index (χ1) is 10.7. The van der Waals surface area contributed by atoms with Crippen molar-refractivity contribution in [2.24, 2.45) is 5.92 Å². The molecule has 2 aromatic carbocycles. The van der Waals surface area contributed by atoms with Crippen molar-refractivity contribution in [2.75, 3.05) is 6.79 Å². The monoisotopic (exact) mass is 296 g/mol. The van der Waals surface area contributed by atoms with Gasteiger partial charge < -0.3 is 9.47 Å².